The van der Waals surface area contributed by atoms with Gasteiger partial charge in [0.1, 0.15) is 6.10 Å². The molecule has 0 aliphatic carbocycles. The zero-order valence-electron chi connectivity index (χ0n) is 40.0. The Morgan fingerprint density at radius 1 is 0.492 bits per heavy atom. The number of hydrogen-bond donors (Lipinski definition) is 3. The molecule has 3 N–H and O–H groups in total. The molecule has 0 aromatic heterocycles. The summed E-state index contributed by atoms with van der Waals surface area (Å²) in [5.41, 5.74) is 0. The number of ether oxygens (including phenoxy) is 1. The van der Waals surface area contributed by atoms with Crippen molar-refractivity contribution in [3.63, 3.8) is 0 Å². The molecule has 0 saturated heterocycles. The van der Waals surface area contributed by atoms with Gasteiger partial charge in [-0.15, -0.1) is 0 Å². The van der Waals surface area contributed by atoms with Crippen molar-refractivity contribution in [3.8, 4) is 0 Å². The van der Waals surface area contributed by atoms with Gasteiger partial charge >= 0.3 is 5.97 Å². The molecule has 0 saturated carbocycles. The van der Waals surface area contributed by atoms with Gasteiger partial charge in [-0.25, -0.2) is 0 Å². The minimum Gasteiger partial charge on any atom is -0.462 e. The Hall–Kier alpha value is -2.70. The van der Waals surface area contributed by atoms with E-state index >= 15 is 0 Å². The lowest BCUT2D eigenvalue weighted by Crippen LogP contribution is -2.46. The van der Waals surface area contributed by atoms with E-state index in [1.165, 1.54) is 128 Å². The van der Waals surface area contributed by atoms with Gasteiger partial charge in [0.25, 0.3) is 0 Å². The number of hydrogen-bond acceptors (Lipinski definition) is 5. The molecule has 3 unspecified atom stereocenters. The SMILES string of the molecule is CC/C=C/C=C/C=C\C=C/C=C/CCCC(CC(=O)NC(CO)C(O)CCCCCCCCCCCCCCCCCCC)OC(=O)CCCCCCC/C=C\CCCCC. The van der Waals surface area contributed by atoms with Gasteiger partial charge in [0.05, 0.1) is 25.2 Å². The van der Waals surface area contributed by atoms with E-state index in [9.17, 15) is 19.8 Å². The van der Waals surface area contributed by atoms with E-state index in [4.69, 9.17) is 4.74 Å². The second-order valence-corrected chi connectivity index (χ2v) is 17.3. The number of esters is 1. The second kappa shape index (κ2) is 48.3. The smallest absolute Gasteiger partial charge is 0.306 e. The van der Waals surface area contributed by atoms with Crippen LogP contribution in [0.5, 0.6) is 0 Å². The number of carbonyl (C=O) groups excluding carboxylic acids is 2. The largest absolute Gasteiger partial charge is 0.462 e. The first-order valence-electron chi connectivity index (χ1n) is 25.7. The molecule has 352 valence electrons. The number of carbonyl (C=O) groups is 2. The van der Waals surface area contributed by atoms with Crippen molar-refractivity contribution in [1.82, 2.24) is 5.32 Å². The summed E-state index contributed by atoms with van der Waals surface area (Å²) in [6, 6.07) is -0.728. The number of rotatable bonds is 45. The molecule has 1 amide bonds. The number of nitrogens with one attached hydrogen (secondary N) is 1. The normalized spacial score (nSPS) is 13.9. The first-order valence-corrected chi connectivity index (χ1v) is 25.7. The van der Waals surface area contributed by atoms with Gasteiger partial charge < -0.3 is 20.3 Å². The summed E-state index contributed by atoms with van der Waals surface area (Å²) < 4.78 is 5.88. The molecular weight excluding hydrogens is 755 g/mol. The zero-order chi connectivity index (χ0) is 44.5. The summed E-state index contributed by atoms with van der Waals surface area (Å²) >= 11 is 0. The number of aliphatic hydroxyl groups excluding tert-OH is 2. The molecule has 0 radical (unpaired) electrons. The number of unbranched alkanes of at least 4 members (excludes halogenated alkanes) is 25. The first kappa shape index (κ1) is 58.3. The van der Waals surface area contributed by atoms with Crippen molar-refractivity contribution < 1.29 is 24.5 Å². The third-order valence-electron chi connectivity index (χ3n) is 11.4. The molecule has 0 heterocycles. The van der Waals surface area contributed by atoms with Gasteiger partial charge in [-0.2, -0.15) is 0 Å². The minimum atomic E-state index is -0.810. The molecule has 0 rings (SSSR count). The average molecular weight is 852 g/mol. The molecule has 0 fully saturated rings. The van der Waals surface area contributed by atoms with Crippen LogP contribution in [0.4, 0.5) is 0 Å². The summed E-state index contributed by atoms with van der Waals surface area (Å²) in [7, 11) is 0. The number of aliphatic hydroxyl groups is 2. The fourth-order valence-corrected chi connectivity index (χ4v) is 7.51. The van der Waals surface area contributed by atoms with Crippen LogP contribution in [0, 0.1) is 0 Å². The van der Waals surface area contributed by atoms with E-state index < -0.39 is 18.2 Å². The Morgan fingerprint density at radius 3 is 1.44 bits per heavy atom. The van der Waals surface area contributed by atoms with Crippen LogP contribution >= 0.6 is 0 Å². The maximum absolute atomic E-state index is 13.2. The third kappa shape index (κ3) is 43.7. The van der Waals surface area contributed by atoms with Crippen LogP contribution in [0.3, 0.4) is 0 Å². The Labute approximate surface area is 377 Å². The fourth-order valence-electron chi connectivity index (χ4n) is 7.51. The summed E-state index contributed by atoms with van der Waals surface area (Å²) in [4.78, 5) is 26.1. The predicted octanol–water partition coefficient (Wildman–Crippen LogP) is 15.4. The molecule has 61 heavy (non-hydrogen) atoms. The van der Waals surface area contributed by atoms with Crippen molar-refractivity contribution in [3.05, 3.63) is 72.9 Å². The van der Waals surface area contributed by atoms with Crippen LogP contribution in [0.1, 0.15) is 239 Å². The summed E-state index contributed by atoms with van der Waals surface area (Å²) in [5.74, 6) is -0.558. The lowest BCUT2D eigenvalue weighted by molar-refractivity contribution is -0.151. The van der Waals surface area contributed by atoms with E-state index in [1.54, 1.807) is 0 Å². The summed E-state index contributed by atoms with van der Waals surface area (Å²) in [6.45, 7) is 6.30. The fraction of sp³-hybridized carbons (Fsp3) is 0.745. The minimum absolute atomic E-state index is 0.0232. The zero-order valence-corrected chi connectivity index (χ0v) is 40.0. The molecule has 0 bridgehead atoms. The lowest BCUT2D eigenvalue weighted by atomic mass is 10.0. The van der Waals surface area contributed by atoms with Crippen molar-refractivity contribution >= 4 is 11.9 Å². The average Bonchev–Trinajstić information content (AvgIpc) is 3.25. The maximum atomic E-state index is 13.2. The van der Waals surface area contributed by atoms with Crippen LogP contribution in [-0.4, -0.2) is 46.9 Å². The Kier molecular flexibility index (Phi) is 46.2. The van der Waals surface area contributed by atoms with Gasteiger partial charge in [0.2, 0.25) is 5.91 Å². The van der Waals surface area contributed by atoms with Gasteiger partial charge in [0.15, 0.2) is 0 Å². The standard InChI is InChI=1S/C55H97NO5/c1-4-7-10-13-16-19-22-25-26-27-28-30-32-35-38-41-44-47-53(58)52(50-57)56-54(59)49-51(46-43-40-37-34-31-29-23-20-17-14-11-8-5-2)61-55(60)48-45-42-39-36-33-24-21-18-15-12-9-6-3/h8,11,14,17-18,20-21,23,29,31,34,37,51-53,57-58H,4-7,9-10,12-13,15-16,19,22,24-28,30,32-33,35-36,38-50H2,1-3H3,(H,56,59)/b11-8+,17-14+,21-18-,23-20-,31-29-,37-34+. The second-order valence-electron chi connectivity index (χ2n) is 17.3. The molecule has 0 aliphatic rings. The van der Waals surface area contributed by atoms with Crippen molar-refractivity contribution in [2.75, 3.05) is 6.61 Å². The Balaban J connectivity index is 4.61. The van der Waals surface area contributed by atoms with Gasteiger partial charge in [0, 0.05) is 6.42 Å². The van der Waals surface area contributed by atoms with E-state index in [0.717, 1.165) is 64.2 Å². The van der Waals surface area contributed by atoms with Gasteiger partial charge in [-0.1, -0.05) is 235 Å². The first-order chi connectivity index (χ1) is 30.0. The number of allylic oxidation sites excluding steroid dienone is 12. The molecular formula is C55H97NO5. The van der Waals surface area contributed by atoms with Gasteiger partial charge in [-0.3, -0.25) is 9.59 Å². The van der Waals surface area contributed by atoms with Crippen LogP contribution in [0.15, 0.2) is 72.9 Å². The van der Waals surface area contributed by atoms with Crippen molar-refractivity contribution in [2.24, 2.45) is 0 Å². The topological polar surface area (TPSA) is 95.9 Å². The lowest BCUT2D eigenvalue weighted by Gasteiger charge is -2.24. The molecule has 3 atom stereocenters. The van der Waals surface area contributed by atoms with Crippen LogP contribution in [0.25, 0.3) is 0 Å². The van der Waals surface area contributed by atoms with E-state index in [0.29, 0.717) is 19.3 Å². The van der Waals surface area contributed by atoms with Crippen LogP contribution in [0.2, 0.25) is 0 Å². The molecule has 0 aromatic carbocycles. The molecule has 6 heteroatoms. The predicted molar refractivity (Wildman–Crippen MR) is 264 cm³/mol. The highest BCUT2D eigenvalue weighted by Crippen LogP contribution is 2.17. The van der Waals surface area contributed by atoms with E-state index in [1.807, 2.05) is 48.6 Å². The molecule has 0 aromatic rings. The molecule has 0 aliphatic heterocycles. The highest BCUT2D eigenvalue weighted by molar-refractivity contribution is 5.77. The summed E-state index contributed by atoms with van der Waals surface area (Å²) in [5, 5.41) is 23.8. The molecule has 6 nitrogen and oxygen atoms in total. The van der Waals surface area contributed by atoms with Crippen LogP contribution < -0.4 is 5.32 Å². The Morgan fingerprint density at radius 2 is 0.918 bits per heavy atom. The highest BCUT2D eigenvalue weighted by Gasteiger charge is 2.24. The monoisotopic (exact) mass is 852 g/mol. The van der Waals surface area contributed by atoms with E-state index in [-0.39, 0.29) is 24.9 Å². The van der Waals surface area contributed by atoms with Gasteiger partial charge in [-0.05, 0) is 64.2 Å². The Bertz CT molecular complexity index is 1140. The maximum Gasteiger partial charge on any atom is 0.306 e. The van der Waals surface area contributed by atoms with E-state index in [2.05, 4.69) is 50.4 Å². The van der Waals surface area contributed by atoms with Crippen LogP contribution in [-0.2, 0) is 14.3 Å². The summed E-state index contributed by atoms with van der Waals surface area (Å²) in [6.07, 6.45) is 61.1. The van der Waals surface area contributed by atoms with Crippen molar-refractivity contribution in [2.45, 2.75) is 257 Å². The van der Waals surface area contributed by atoms with Crippen molar-refractivity contribution in [1.29, 1.82) is 0 Å². The number of amides is 1. The quantitative estimate of drug-likeness (QED) is 0.0245. The highest BCUT2D eigenvalue weighted by atomic mass is 16.5. The molecule has 0 spiro atoms. The third-order valence-corrected chi connectivity index (χ3v) is 11.4.